The van der Waals surface area contributed by atoms with Crippen LogP contribution in [0.15, 0.2) is 35.3 Å². The van der Waals surface area contributed by atoms with Crippen LogP contribution in [0.25, 0.3) is 4.96 Å². The van der Waals surface area contributed by atoms with Crippen molar-refractivity contribution in [2.24, 2.45) is 0 Å². The average Bonchev–Trinajstić information content (AvgIpc) is 3.33. The third kappa shape index (κ3) is 3.69. The molecule has 0 bridgehead atoms. The van der Waals surface area contributed by atoms with Gasteiger partial charge in [0.1, 0.15) is 0 Å². The lowest BCUT2D eigenvalue weighted by molar-refractivity contribution is -0.120. The normalized spacial score (nSPS) is 17.0. The molecule has 0 spiro atoms. The second-order valence-corrected chi connectivity index (χ2v) is 8.33. The molecule has 1 aliphatic heterocycles. The van der Waals surface area contributed by atoms with E-state index in [0.29, 0.717) is 22.9 Å². The molecule has 7 nitrogen and oxygen atoms in total. The molecule has 3 aromatic heterocycles. The highest BCUT2D eigenvalue weighted by Crippen LogP contribution is 2.30. The molecule has 0 aliphatic carbocycles. The lowest BCUT2D eigenvalue weighted by Crippen LogP contribution is -2.36. The summed E-state index contributed by atoms with van der Waals surface area (Å²) in [5.74, 6) is 0.376. The standard InChI is InChI=1S/C20H23N5O2S/c1-13(2)15-12-18(27)25-19(22-15)28-20(23-25)24-11-5-7-16(24)17(26)9-8-14-6-3-4-10-21-14/h3-4,6,10,12-13,16H,5,7-9,11H2,1-2H3/t16-/m1/s1. The zero-order valence-corrected chi connectivity index (χ0v) is 16.9. The van der Waals surface area contributed by atoms with Gasteiger partial charge in [-0.15, -0.1) is 5.10 Å². The molecule has 146 valence electrons. The van der Waals surface area contributed by atoms with Crippen molar-refractivity contribution >= 4 is 27.2 Å². The topological polar surface area (TPSA) is 80.5 Å². The molecular formula is C20H23N5O2S. The highest BCUT2D eigenvalue weighted by Gasteiger charge is 2.32. The molecule has 0 saturated carbocycles. The summed E-state index contributed by atoms with van der Waals surface area (Å²) in [4.78, 5) is 36.7. The molecule has 4 heterocycles. The third-order valence-corrected chi connectivity index (χ3v) is 6.02. The van der Waals surface area contributed by atoms with E-state index in [9.17, 15) is 9.59 Å². The molecule has 3 aromatic rings. The second kappa shape index (κ2) is 7.79. The summed E-state index contributed by atoms with van der Waals surface area (Å²) in [6, 6.07) is 7.10. The van der Waals surface area contributed by atoms with Crippen LogP contribution in [0.4, 0.5) is 5.13 Å². The summed E-state index contributed by atoms with van der Waals surface area (Å²) >= 11 is 1.38. The first kappa shape index (κ1) is 18.7. The fourth-order valence-corrected chi connectivity index (χ4v) is 4.51. The summed E-state index contributed by atoms with van der Waals surface area (Å²) in [5, 5.41) is 5.16. The maximum absolute atomic E-state index is 12.9. The minimum atomic E-state index is -0.190. The van der Waals surface area contributed by atoms with Gasteiger partial charge < -0.3 is 4.90 Å². The van der Waals surface area contributed by atoms with E-state index in [4.69, 9.17) is 0 Å². The van der Waals surface area contributed by atoms with Gasteiger partial charge >= 0.3 is 0 Å². The van der Waals surface area contributed by atoms with Crippen LogP contribution in [0.3, 0.4) is 0 Å². The van der Waals surface area contributed by atoms with Crippen LogP contribution < -0.4 is 10.5 Å². The van der Waals surface area contributed by atoms with Crippen molar-refractivity contribution in [1.82, 2.24) is 19.6 Å². The molecule has 0 N–H and O–H groups in total. The highest BCUT2D eigenvalue weighted by atomic mass is 32.1. The Bertz CT molecular complexity index is 1040. The van der Waals surface area contributed by atoms with Gasteiger partial charge in [0.2, 0.25) is 10.1 Å². The number of rotatable bonds is 6. The van der Waals surface area contributed by atoms with Crippen LogP contribution >= 0.6 is 11.3 Å². The van der Waals surface area contributed by atoms with Gasteiger partial charge in [-0.2, -0.15) is 4.52 Å². The van der Waals surface area contributed by atoms with E-state index in [2.05, 4.69) is 15.1 Å². The van der Waals surface area contributed by atoms with Crippen molar-refractivity contribution in [3.63, 3.8) is 0 Å². The van der Waals surface area contributed by atoms with Gasteiger partial charge in [-0.1, -0.05) is 31.3 Å². The third-order valence-electron chi connectivity index (χ3n) is 5.07. The number of Topliss-reactive ketones (excluding diaryl/α,β-unsaturated/α-hetero) is 1. The summed E-state index contributed by atoms with van der Waals surface area (Å²) in [5.41, 5.74) is 1.52. The fraction of sp³-hybridized carbons (Fsp3) is 0.450. The predicted octanol–water partition coefficient (Wildman–Crippen LogP) is 2.84. The quantitative estimate of drug-likeness (QED) is 0.636. The van der Waals surface area contributed by atoms with Crippen molar-refractivity contribution in [1.29, 1.82) is 0 Å². The lowest BCUT2D eigenvalue weighted by Gasteiger charge is -2.22. The van der Waals surface area contributed by atoms with Gasteiger partial charge in [0.05, 0.1) is 11.7 Å². The van der Waals surface area contributed by atoms with E-state index in [-0.39, 0.29) is 23.3 Å². The Morgan fingerprint density at radius 3 is 2.96 bits per heavy atom. The summed E-state index contributed by atoms with van der Waals surface area (Å²) in [6.45, 7) is 4.79. The van der Waals surface area contributed by atoms with E-state index in [1.165, 1.54) is 15.9 Å². The highest BCUT2D eigenvalue weighted by molar-refractivity contribution is 7.20. The molecule has 0 unspecified atom stereocenters. The molecule has 0 radical (unpaired) electrons. The number of aromatic nitrogens is 4. The number of pyridine rings is 1. The SMILES string of the molecule is CC(C)c1cc(=O)n2nc(N3CCC[C@@H]3C(=O)CCc3ccccn3)sc2n1. The Balaban J connectivity index is 1.55. The second-order valence-electron chi connectivity index (χ2n) is 7.39. The van der Waals surface area contributed by atoms with Crippen molar-refractivity contribution in [2.45, 2.75) is 51.5 Å². The van der Waals surface area contributed by atoms with Crippen LogP contribution in [0.5, 0.6) is 0 Å². The lowest BCUT2D eigenvalue weighted by atomic mass is 10.0. The molecule has 0 aromatic carbocycles. The Kier molecular flexibility index (Phi) is 5.21. The number of carbonyl (C=O) groups excluding carboxylic acids is 1. The predicted molar refractivity (Wildman–Crippen MR) is 109 cm³/mol. The van der Waals surface area contributed by atoms with Gasteiger partial charge in [-0.3, -0.25) is 14.6 Å². The molecular weight excluding hydrogens is 374 g/mol. The van der Waals surface area contributed by atoms with E-state index in [1.807, 2.05) is 36.9 Å². The Labute approximate surface area is 167 Å². The number of hydrogen-bond acceptors (Lipinski definition) is 7. The van der Waals surface area contributed by atoms with E-state index >= 15 is 0 Å². The van der Waals surface area contributed by atoms with Crippen LogP contribution in [-0.4, -0.2) is 38.0 Å². The minimum Gasteiger partial charge on any atom is -0.337 e. The number of carbonyl (C=O) groups is 1. The molecule has 1 atom stereocenters. The Morgan fingerprint density at radius 2 is 2.21 bits per heavy atom. The van der Waals surface area contributed by atoms with Crippen molar-refractivity contribution in [2.75, 3.05) is 11.4 Å². The van der Waals surface area contributed by atoms with Gasteiger partial charge in [-0.25, -0.2) is 4.98 Å². The van der Waals surface area contributed by atoms with Crippen LogP contribution in [0.1, 0.15) is 50.4 Å². The monoisotopic (exact) mass is 397 g/mol. The van der Waals surface area contributed by atoms with Gasteiger partial charge in [0.15, 0.2) is 5.78 Å². The number of anilines is 1. The minimum absolute atomic E-state index is 0.173. The zero-order chi connectivity index (χ0) is 19.7. The van der Waals surface area contributed by atoms with Gasteiger partial charge in [0.25, 0.3) is 5.56 Å². The van der Waals surface area contributed by atoms with Crippen molar-refractivity contribution < 1.29 is 4.79 Å². The summed E-state index contributed by atoms with van der Waals surface area (Å²) in [6.07, 6.45) is 4.60. The van der Waals surface area contributed by atoms with Crippen molar-refractivity contribution in [3.8, 4) is 0 Å². The van der Waals surface area contributed by atoms with E-state index in [0.717, 1.165) is 30.8 Å². The molecule has 8 heteroatoms. The number of nitrogens with zero attached hydrogens (tertiary/aromatic N) is 5. The Morgan fingerprint density at radius 1 is 1.36 bits per heavy atom. The maximum Gasteiger partial charge on any atom is 0.275 e. The Hall–Kier alpha value is -2.61. The first-order valence-electron chi connectivity index (χ1n) is 9.63. The number of hydrogen-bond donors (Lipinski definition) is 0. The molecule has 4 rings (SSSR count). The average molecular weight is 398 g/mol. The smallest absolute Gasteiger partial charge is 0.275 e. The zero-order valence-electron chi connectivity index (χ0n) is 16.0. The first-order chi connectivity index (χ1) is 13.5. The molecule has 1 fully saturated rings. The molecule has 0 amide bonds. The number of fused-ring (bicyclic) bond motifs is 1. The fourth-order valence-electron chi connectivity index (χ4n) is 3.52. The molecule has 1 aliphatic rings. The number of ketones is 1. The van der Waals surface area contributed by atoms with Crippen LogP contribution in [0.2, 0.25) is 0 Å². The largest absolute Gasteiger partial charge is 0.337 e. The number of aryl methyl sites for hydroxylation is 1. The molecule has 1 saturated heterocycles. The maximum atomic E-state index is 12.9. The van der Waals surface area contributed by atoms with Gasteiger partial charge in [-0.05, 0) is 37.3 Å². The summed E-state index contributed by atoms with van der Waals surface area (Å²) < 4.78 is 1.35. The van der Waals surface area contributed by atoms with E-state index < -0.39 is 0 Å². The van der Waals surface area contributed by atoms with Gasteiger partial charge in [0, 0.05) is 30.9 Å². The van der Waals surface area contributed by atoms with E-state index in [1.54, 1.807) is 12.3 Å². The van der Waals surface area contributed by atoms with Crippen LogP contribution in [0, 0.1) is 0 Å². The van der Waals surface area contributed by atoms with Crippen LogP contribution in [-0.2, 0) is 11.2 Å². The summed E-state index contributed by atoms with van der Waals surface area (Å²) in [7, 11) is 0. The first-order valence-corrected chi connectivity index (χ1v) is 10.4. The molecule has 28 heavy (non-hydrogen) atoms. The van der Waals surface area contributed by atoms with Crippen molar-refractivity contribution in [3.05, 3.63) is 52.2 Å².